The minimum absolute atomic E-state index is 0.0139. The Balaban J connectivity index is 2.15. The largest absolute Gasteiger partial charge is 0.466 e. The first-order chi connectivity index (χ1) is 10.9. The highest BCUT2D eigenvalue weighted by atomic mass is 16.5. The molecule has 2 fully saturated rings. The molecule has 0 bridgehead atoms. The Labute approximate surface area is 139 Å². The number of carbonyl (C=O) groups excluding carboxylic acids is 2. The molecule has 0 radical (unpaired) electrons. The van der Waals surface area contributed by atoms with Crippen molar-refractivity contribution in [3.63, 3.8) is 0 Å². The molecule has 1 amide bonds. The Kier molecular flexibility index (Phi) is 6.03. The Hall–Kier alpha value is -1.14. The number of esters is 1. The molecule has 1 saturated carbocycles. The van der Waals surface area contributed by atoms with E-state index in [1.807, 2.05) is 11.8 Å². The zero-order valence-electron chi connectivity index (χ0n) is 14.8. The molecule has 1 heterocycles. The molecule has 1 aliphatic heterocycles. The molecule has 0 aromatic heterocycles. The van der Waals surface area contributed by atoms with Crippen molar-refractivity contribution in [2.75, 3.05) is 20.2 Å². The van der Waals surface area contributed by atoms with Crippen LogP contribution in [0.5, 0.6) is 0 Å². The summed E-state index contributed by atoms with van der Waals surface area (Å²) in [6, 6.07) is 0.314. The fourth-order valence-electron chi connectivity index (χ4n) is 3.85. The van der Waals surface area contributed by atoms with Gasteiger partial charge in [-0.2, -0.15) is 0 Å². The van der Waals surface area contributed by atoms with Crippen LogP contribution in [0, 0.1) is 5.92 Å². The van der Waals surface area contributed by atoms with Crippen molar-refractivity contribution in [3.05, 3.63) is 0 Å². The van der Waals surface area contributed by atoms with Gasteiger partial charge in [0.15, 0.2) is 0 Å². The zero-order chi connectivity index (χ0) is 17.1. The van der Waals surface area contributed by atoms with Gasteiger partial charge in [0.2, 0.25) is 5.91 Å². The molecule has 4 atom stereocenters. The fraction of sp³-hybridized carbons (Fsp3) is 0.882. The highest BCUT2D eigenvalue weighted by Crippen LogP contribution is 2.34. The van der Waals surface area contributed by atoms with Crippen LogP contribution in [0.3, 0.4) is 0 Å². The second-order valence-corrected chi connectivity index (χ2v) is 7.08. The molecule has 0 aromatic rings. The van der Waals surface area contributed by atoms with Gasteiger partial charge in [0, 0.05) is 24.7 Å². The van der Waals surface area contributed by atoms with Gasteiger partial charge in [0.1, 0.15) is 0 Å². The normalized spacial score (nSPS) is 32.0. The molecule has 6 heteroatoms. The van der Waals surface area contributed by atoms with E-state index in [2.05, 4.69) is 25.8 Å². The summed E-state index contributed by atoms with van der Waals surface area (Å²) in [5.74, 6) is -0.434. The van der Waals surface area contributed by atoms with E-state index in [1.54, 1.807) is 0 Å². The fourth-order valence-corrected chi connectivity index (χ4v) is 3.85. The van der Waals surface area contributed by atoms with Crippen molar-refractivity contribution in [2.24, 2.45) is 11.7 Å². The van der Waals surface area contributed by atoms with E-state index in [0.717, 1.165) is 19.3 Å². The molecular formula is C17H31N3O3. The molecule has 4 unspecified atom stereocenters. The van der Waals surface area contributed by atoms with Crippen LogP contribution in [0.4, 0.5) is 0 Å². The van der Waals surface area contributed by atoms with Crippen molar-refractivity contribution in [3.8, 4) is 0 Å². The first-order valence-corrected chi connectivity index (χ1v) is 8.81. The first-order valence-electron chi connectivity index (χ1n) is 8.81. The lowest BCUT2D eigenvalue weighted by Crippen LogP contribution is -2.53. The third kappa shape index (κ3) is 3.86. The number of rotatable bonds is 5. The van der Waals surface area contributed by atoms with Crippen molar-refractivity contribution in [1.29, 1.82) is 0 Å². The number of amides is 1. The molecule has 1 aliphatic carbocycles. The van der Waals surface area contributed by atoms with Crippen LogP contribution >= 0.6 is 0 Å². The monoisotopic (exact) mass is 325 g/mol. The van der Waals surface area contributed by atoms with Crippen LogP contribution in [-0.4, -0.2) is 66.0 Å². The van der Waals surface area contributed by atoms with Crippen molar-refractivity contribution in [1.82, 2.24) is 9.80 Å². The number of carbonyl (C=O) groups is 2. The van der Waals surface area contributed by atoms with Gasteiger partial charge in [-0.3, -0.25) is 9.59 Å². The molecular weight excluding hydrogens is 294 g/mol. The van der Waals surface area contributed by atoms with Gasteiger partial charge in [-0.05, 0) is 53.5 Å². The zero-order valence-corrected chi connectivity index (χ0v) is 14.8. The first kappa shape index (κ1) is 18.2. The molecule has 6 nitrogen and oxygen atoms in total. The number of hydrogen-bond donors (Lipinski definition) is 1. The second-order valence-electron chi connectivity index (χ2n) is 7.08. The molecule has 2 N–H and O–H groups in total. The van der Waals surface area contributed by atoms with E-state index in [4.69, 9.17) is 10.5 Å². The lowest BCUT2D eigenvalue weighted by atomic mass is 9.80. The third-order valence-corrected chi connectivity index (χ3v) is 5.45. The number of nitrogens with two attached hydrogens (primary N) is 1. The van der Waals surface area contributed by atoms with E-state index >= 15 is 0 Å². The van der Waals surface area contributed by atoms with Gasteiger partial charge in [-0.1, -0.05) is 0 Å². The van der Waals surface area contributed by atoms with E-state index in [1.165, 1.54) is 0 Å². The predicted molar refractivity (Wildman–Crippen MR) is 88.8 cm³/mol. The maximum Gasteiger partial charge on any atom is 0.311 e. The minimum atomic E-state index is -0.408. The average Bonchev–Trinajstić information content (AvgIpc) is 2.85. The number of nitrogens with zero attached hydrogens (tertiary/aromatic N) is 2. The molecule has 132 valence electrons. The number of hydrogen-bond acceptors (Lipinski definition) is 5. The maximum atomic E-state index is 12.5. The molecule has 0 aromatic carbocycles. The van der Waals surface area contributed by atoms with Gasteiger partial charge in [0.25, 0.3) is 0 Å². The van der Waals surface area contributed by atoms with Crippen LogP contribution in [-0.2, 0) is 14.3 Å². The topological polar surface area (TPSA) is 75.9 Å². The minimum Gasteiger partial charge on any atom is -0.466 e. The SMILES string of the molecule is CCOC(=O)C1CC(N(C)C(C)C)CCC1N1CCC(N)C1=O. The van der Waals surface area contributed by atoms with Crippen molar-refractivity contribution in [2.45, 2.75) is 70.6 Å². The Bertz CT molecular complexity index is 441. The van der Waals surface area contributed by atoms with E-state index in [-0.39, 0.29) is 23.8 Å². The Morgan fingerprint density at radius 1 is 1.39 bits per heavy atom. The average molecular weight is 325 g/mol. The van der Waals surface area contributed by atoms with Crippen LogP contribution in [0.25, 0.3) is 0 Å². The van der Waals surface area contributed by atoms with Crippen LogP contribution in [0.1, 0.15) is 46.5 Å². The third-order valence-electron chi connectivity index (χ3n) is 5.45. The van der Waals surface area contributed by atoms with E-state index in [0.29, 0.717) is 31.7 Å². The van der Waals surface area contributed by atoms with Gasteiger partial charge in [-0.25, -0.2) is 0 Å². The highest BCUT2D eigenvalue weighted by molar-refractivity contribution is 5.85. The molecule has 2 aliphatic rings. The smallest absolute Gasteiger partial charge is 0.311 e. The summed E-state index contributed by atoms with van der Waals surface area (Å²) in [6.45, 7) is 7.18. The van der Waals surface area contributed by atoms with Crippen LogP contribution in [0.2, 0.25) is 0 Å². The number of ether oxygens (including phenoxy) is 1. The summed E-state index contributed by atoms with van der Waals surface area (Å²) < 4.78 is 5.30. The Morgan fingerprint density at radius 2 is 2.09 bits per heavy atom. The lowest BCUT2D eigenvalue weighted by Gasteiger charge is -2.43. The summed E-state index contributed by atoms with van der Waals surface area (Å²) >= 11 is 0. The standard InChI is InChI=1S/C17H31N3O3/c1-5-23-17(22)13-10-12(19(4)11(2)3)6-7-15(13)20-9-8-14(18)16(20)21/h11-15H,5-10,18H2,1-4H3. The van der Waals surface area contributed by atoms with Crippen molar-refractivity contribution < 1.29 is 14.3 Å². The summed E-state index contributed by atoms with van der Waals surface area (Å²) in [4.78, 5) is 28.9. The second kappa shape index (κ2) is 7.62. The Morgan fingerprint density at radius 3 is 2.61 bits per heavy atom. The van der Waals surface area contributed by atoms with Gasteiger partial charge < -0.3 is 20.3 Å². The van der Waals surface area contributed by atoms with Crippen LogP contribution in [0.15, 0.2) is 0 Å². The van der Waals surface area contributed by atoms with Crippen molar-refractivity contribution >= 4 is 11.9 Å². The van der Waals surface area contributed by atoms with Gasteiger partial charge in [0.05, 0.1) is 18.6 Å². The quantitative estimate of drug-likeness (QED) is 0.763. The summed E-state index contributed by atoms with van der Waals surface area (Å²) in [5.41, 5.74) is 5.86. The molecule has 2 rings (SSSR count). The lowest BCUT2D eigenvalue weighted by molar-refractivity contribution is -0.154. The summed E-state index contributed by atoms with van der Waals surface area (Å²) in [7, 11) is 2.11. The maximum absolute atomic E-state index is 12.5. The molecule has 23 heavy (non-hydrogen) atoms. The van der Waals surface area contributed by atoms with Gasteiger partial charge in [-0.15, -0.1) is 0 Å². The molecule has 1 saturated heterocycles. The number of likely N-dealkylation sites (tertiary alicyclic amines) is 1. The summed E-state index contributed by atoms with van der Waals surface area (Å²) in [6.07, 6.45) is 3.26. The van der Waals surface area contributed by atoms with E-state index in [9.17, 15) is 9.59 Å². The highest BCUT2D eigenvalue weighted by Gasteiger charge is 2.44. The summed E-state index contributed by atoms with van der Waals surface area (Å²) in [5, 5.41) is 0. The van der Waals surface area contributed by atoms with E-state index < -0.39 is 6.04 Å². The van der Waals surface area contributed by atoms with Crippen LogP contribution < -0.4 is 5.73 Å². The van der Waals surface area contributed by atoms with Gasteiger partial charge >= 0.3 is 5.97 Å². The molecule has 0 spiro atoms. The predicted octanol–water partition coefficient (Wildman–Crippen LogP) is 0.987.